The molecule has 1 aliphatic rings. The van der Waals surface area contributed by atoms with E-state index >= 15 is 0 Å². The lowest BCUT2D eigenvalue weighted by molar-refractivity contribution is 0.0697. The van der Waals surface area contributed by atoms with Crippen molar-refractivity contribution in [3.63, 3.8) is 0 Å². The van der Waals surface area contributed by atoms with Crippen LogP contribution in [0.4, 0.5) is 5.82 Å². The Hall–Kier alpha value is -1.58. The lowest BCUT2D eigenvalue weighted by Gasteiger charge is -2.32. The fourth-order valence-corrected chi connectivity index (χ4v) is 2.75. The van der Waals surface area contributed by atoms with Crippen molar-refractivity contribution < 1.29 is 9.90 Å². The highest BCUT2D eigenvalue weighted by atomic mass is 16.4. The van der Waals surface area contributed by atoms with Gasteiger partial charge in [0.25, 0.3) is 0 Å². The minimum atomic E-state index is -0.922. The molecule has 98 valence electrons. The van der Waals surface area contributed by atoms with Crippen LogP contribution in [-0.4, -0.2) is 22.1 Å². The number of nitrogens with one attached hydrogen (secondary N) is 1. The summed E-state index contributed by atoms with van der Waals surface area (Å²) >= 11 is 0. The normalized spacial score (nSPS) is 23.6. The van der Waals surface area contributed by atoms with Gasteiger partial charge in [-0.05, 0) is 30.9 Å². The summed E-state index contributed by atoms with van der Waals surface area (Å²) in [6, 6.07) is 3.62. The Morgan fingerprint density at radius 3 is 3.00 bits per heavy atom. The van der Waals surface area contributed by atoms with Gasteiger partial charge in [-0.2, -0.15) is 0 Å². The number of rotatable bonds is 4. The first-order valence-electron chi connectivity index (χ1n) is 6.67. The van der Waals surface area contributed by atoms with E-state index in [1.807, 2.05) is 0 Å². The van der Waals surface area contributed by atoms with E-state index in [1.165, 1.54) is 19.3 Å². The van der Waals surface area contributed by atoms with E-state index in [4.69, 9.17) is 5.11 Å². The van der Waals surface area contributed by atoms with Crippen LogP contribution in [0.5, 0.6) is 0 Å². The third-order valence-corrected chi connectivity index (χ3v) is 3.79. The van der Waals surface area contributed by atoms with Crippen LogP contribution in [-0.2, 0) is 0 Å². The number of carboxylic acids is 1. The molecule has 2 rings (SSSR count). The maximum atomic E-state index is 11.1. The van der Waals surface area contributed by atoms with Crippen LogP contribution in [0.3, 0.4) is 0 Å². The second-order valence-corrected chi connectivity index (χ2v) is 4.91. The van der Waals surface area contributed by atoms with Crippen molar-refractivity contribution in [2.45, 2.75) is 45.1 Å². The van der Waals surface area contributed by atoms with E-state index in [0.29, 0.717) is 17.8 Å². The molecule has 2 atom stereocenters. The Morgan fingerprint density at radius 2 is 2.28 bits per heavy atom. The minimum Gasteiger partial charge on any atom is -0.478 e. The molecule has 0 radical (unpaired) electrons. The summed E-state index contributed by atoms with van der Waals surface area (Å²) in [7, 11) is 0. The molecule has 0 amide bonds. The molecule has 4 nitrogen and oxygen atoms in total. The van der Waals surface area contributed by atoms with E-state index in [1.54, 1.807) is 18.3 Å². The topological polar surface area (TPSA) is 62.2 Å². The molecule has 2 N–H and O–H groups in total. The molecule has 0 saturated heterocycles. The van der Waals surface area contributed by atoms with E-state index in [-0.39, 0.29) is 5.56 Å². The maximum Gasteiger partial charge on any atom is 0.339 e. The highest BCUT2D eigenvalue weighted by Crippen LogP contribution is 2.29. The van der Waals surface area contributed by atoms with Gasteiger partial charge in [0, 0.05) is 12.2 Å². The molecule has 1 saturated carbocycles. The standard InChI is InChI=1S/C14H20N2O2/c1-2-10-6-3-4-8-12(10)16-13-11(14(17)18)7-5-9-15-13/h5,7,9-10,12H,2-4,6,8H2,1H3,(H,15,16)(H,17,18). The average Bonchev–Trinajstić information content (AvgIpc) is 2.40. The number of nitrogens with zero attached hydrogens (tertiary/aromatic N) is 1. The van der Waals surface area contributed by atoms with Crippen molar-refractivity contribution in [3.8, 4) is 0 Å². The molecule has 4 heteroatoms. The minimum absolute atomic E-state index is 0.262. The summed E-state index contributed by atoms with van der Waals surface area (Å²) in [4.78, 5) is 15.3. The molecule has 0 aliphatic heterocycles. The number of aromatic carboxylic acids is 1. The lowest BCUT2D eigenvalue weighted by atomic mass is 9.83. The maximum absolute atomic E-state index is 11.1. The molecule has 1 fully saturated rings. The van der Waals surface area contributed by atoms with Gasteiger partial charge in [0.15, 0.2) is 0 Å². The third-order valence-electron chi connectivity index (χ3n) is 3.79. The first-order valence-corrected chi connectivity index (χ1v) is 6.67. The quantitative estimate of drug-likeness (QED) is 0.859. The van der Waals surface area contributed by atoms with Gasteiger partial charge in [-0.1, -0.05) is 26.2 Å². The monoisotopic (exact) mass is 248 g/mol. The summed E-state index contributed by atoms with van der Waals surface area (Å²) < 4.78 is 0. The smallest absolute Gasteiger partial charge is 0.339 e. The first-order chi connectivity index (χ1) is 8.72. The number of pyridine rings is 1. The Bertz CT molecular complexity index is 420. The second-order valence-electron chi connectivity index (χ2n) is 4.91. The molecule has 0 bridgehead atoms. The molecule has 1 aromatic heterocycles. The summed E-state index contributed by atoms with van der Waals surface area (Å²) in [6.07, 6.45) is 7.59. The fraction of sp³-hybridized carbons (Fsp3) is 0.571. The Labute approximate surface area is 107 Å². The molecule has 0 spiro atoms. The van der Waals surface area contributed by atoms with E-state index in [2.05, 4.69) is 17.2 Å². The van der Waals surface area contributed by atoms with Crippen molar-refractivity contribution in [1.82, 2.24) is 4.98 Å². The van der Waals surface area contributed by atoms with Crippen LogP contribution in [0.2, 0.25) is 0 Å². The van der Waals surface area contributed by atoms with Gasteiger partial charge >= 0.3 is 5.97 Å². The summed E-state index contributed by atoms with van der Waals surface area (Å²) in [5, 5.41) is 12.5. The molecule has 1 aliphatic carbocycles. The number of carbonyl (C=O) groups is 1. The van der Waals surface area contributed by atoms with Gasteiger partial charge in [-0.3, -0.25) is 0 Å². The van der Waals surface area contributed by atoms with Crippen LogP contribution >= 0.6 is 0 Å². The zero-order valence-electron chi connectivity index (χ0n) is 10.7. The lowest BCUT2D eigenvalue weighted by Crippen LogP contribution is -2.32. The number of carboxylic acid groups (broad SMARTS) is 1. The van der Waals surface area contributed by atoms with Crippen LogP contribution < -0.4 is 5.32 Å². The summed E-state index contributed by atoms with van der Waals surface area (Å²) in [6.45, 7) is 2.20. The third kappa shape index (κ3) is 2.81. The zero-order chi connectivity index (χ0) is 13.0. The number of hydrogen-bond acceptors (Lipinski definition) is 3. The van der Waals surface area contributed by atoms with Gasteiger partial charge < -0.3 is 10.4 Å². The van der Waals surface area contributed by atoms with Crippen LogP contribution in [0.25, 0.3) is 0 Å². The average molecular weight is 248 g/mol. The van der Waals surface area contributed by atoms with Crippen LogP contribution in [0, 0.1) is 5.92 Å². The number of anilines is 1. The van der Waals surface area contributed by atoms with Crippen molar-refractivity contribution in [2.75, 3.05) is 5.32 Å². The van der Waals surface area contributed by atoms with Gasteiger partial charge in [-0.15, -0.1) is 0 Å². The van der Waals surface area contributed by atoms with Crippen molar-refractivity contribution in [2.24, 2.45) is 5.92 Å². The van der Waals surface area contributed by atoms with Gasteiger partial charge in [0.2, 0.25) is 0 Å². The van der Waals surface area contributed by atoms with E-state index < -0.39 is 5.97 Å². The Balaban J connectivity index is 2.15. The molecular formula is C14H20N2O2. The molecule has 18 heavy (non-hydrogen) atoms. The number of hydrogen-bond donors (Lipinski definition) is 2. The molecule has 1 heterocycles. The van der Waals surface area contributed by atoms with Gasteiger partial charge in [0.1, 0.15) is 11.4 Å². The fourth-order valence-electron chi connectivity index (χ4n) is 2.75. The summed E-state index contributed by atoms with van der Waals surface area (Å²) in [5.41, 5.74) is 0.262. The highest BCUT2D eigenvalue weighted by molar-refractivity contribution is 5.93. The highest BCUT2D eigenvalue weighted by Gasteiger charge is 2.25. The van der Waals surface area contributed by atoms with E-state index in [0.717, 1.165) is 12.8 Å². The van der Waals surface area contributed by atoms with Crippen molar-refractivity contribution >= 4 is 11.8 Å². The van der Waals surface area contributed by atoms with E-state index in [9.17, 15) is 4.79 Å². The molecule has 2 unspecified atom stereocenters. The largest absolute Gasteiger partial charge is 0.478 e. The predicted octanol–water partition coefficient (Wildman–Crippen LogP) is 3.16. The molecule has 1 aromatic rings. The summed E-state index contributed by atoms with van der Waals surface area (Å²) in [5.74, 6) is 0.215. The van der Waals surface area contributed by atoms with Gasteiger partial charge in [0.05, 0.1) is 0 Å². The SMILES string of the molecule is CCC1CCCCC1Nc1ncccc1C(=O)O. The van der Waals surface area contributed by atoms with Crippen molar-refractivity contribution in [3.05, 3.63) is 23.9 Å². The molecule has 0 aromatic carbocycles. The zero-order valence-corrected chi connectivity index (χ0v) is 10.7. The Kier molecular flexibility index (Phi) is 4.18. The first kappa shape index (κ1) is 12.9. The van der Waals surface area contributed by atoms with Crippen molar-refractivity contribution in [1.29, 1.82) is 0 Å². The van der Waals surface area contributed by atoms with Crippen LogP contribution in [0.1, 0.15) is 49.4 Å². The second kappa shape index (κ2) is 5.85. The number of aromatic nitrogens is 1. The molecular weight excluding hydrogens is 228 g/mol. The van der Waals surface area contributed by atoms with Gasteiger partial charge in [-0.25, -0.2) is 9.78 Å². The predicted molar refractivity (Wildman–Crippen MR) is 70.9 cm³/mol. The Morgan fingerprint density at radius 1 is 1.50 bits per heavy atom. The van der Waals surface area contributed by atoms with Crippen LogP contribution in [0.15, 0.2) is 18.3 Å².